The third-order valence-corrected chi connectivity index (χ3v) is 2.39. The van der Waals surface area contributed by atoms with Crippen LogP contribution in [-0.4, -0.2) is 4.98 Å². The van der Waals surface area contributed by atoms with Crippen molar-refractivity contribution in [2.24, 2.45) is 0 Å². The van der Waals surface area contributed by atoms with Gasteiger partial charge >= 0.3 is 0 Å². The van der Waals surface area contributed by atoms with Crippen molar-refractivity contribution in [1.82, 2.24) is 10.3 Å². The third-order valence-electron chi connectivity index (χ3n) is 1.71. The summed E-state index contributed by atoms with van der Waals surface area (Å²) in [5.74, 6) is 0. The molecule has 2 nitrogen and oxygen atoms in total. The van der Waals surface area contributed by atoms with Crippen LogP contribution in [0.2, 0.25) is 0 Å². The molecule has 68 valence electrons. The van der Waals surface area contributed by atoms with Gasteiger partial charge in [-0.3, -0.25) is 4.98 Å². The van der Waals surface area contributed by atoms with Gasteiger partial charge < -0.3 is 5.32 Å². The quantitative estimate of drug-likeness (QED) is 0.783. The molecule has 2 heterocycles. The Morgan fingerprint density at radius 2 is 2.00 bits per heavy atom. The summed E-state index contributed by atoms with van der Waals surface area (Å²) in [6, 6.07) is 0. The zero-order chi connectivity index (χ0) is 6.97. The van der Waals surface area contributed by atoms with Crippen LogP contribution < -0.4 is 5.32 Å². The highest BCUT2D eigenvalue weighted by atomic mass is 79.9. The van der Waals surface area contributed by atoms with Gasteiger partial charge in [0.1, 0.15) is 0 Å². The first-order valence-corrected chi connectivity index (χ1v) is 3.99. The summed E-state index contributed by atoms with van der Waals surface area (Å²) in [4.78, 5) is 4.07. The van der Waals surface area contributed by atoms with Crippen molar-refractivity contribution in [2.45, 2.75) is 13.1 Å². The summed E-state index contributed by atoms with van der Waals surface area (Å²) in [5.41, 5.74) is 2.67. The number of halogens is 3. The zero-order valence-corrected chi connectivity index (χ0v) is 9.43. The molecule has 1 N–H and O–H groups in total. The molecule has 0 unspecified atom stereocenters. The summed E-state index contributed by atoms with van der Waals surface area (Å²) in [7, 11) is 0. The first kappa shape index (κ1) is 12.2. The molecule has 2 rings (SSSR count). The summed E-state index contributed by atoms with van der Waals surface area (Å²) >= 11 is 3.44. The van der Waals surface area contributed by atoms with Gasteiger partial charge in [-0.05, 0) is 27.1 Å². The number of nitrogens with one attached hydrogen (secondary N) is 1. The van der Waals surface area contributed by atoms with E-state index >= 15 is 0 Å². The average Bonchev–Trinajstić information content (AvgIpc) is 2.36. The molecule has 1 aliphatic rings. The Morgan fingerprint density at radius 3 is 2.67 bits per heavy atom. The average molecular weight is 272 g/mol. The topological polar surface area (TPSA) is 24.9 Å². The molecule has 0 bridgehead atoms. The van der Waals surface area contributed by atoms with Gasteiger partial charge in [-0.2, -0.15) is 0 Å². The van der Waals surface area contributed by atoms with E-state index < -0.39 is 0 Å². The lowest BCUT2D eigenvalue weighted by molar-refractivity contribution is 0.763. The third kappa shape index (κ3) is 2.10. The highest BCUT2D eigenvalue weighted by molar-refractivity contribution is 9.10. The Kier molecular flexibility index (Phi) is 5.09. The standard InChI is InChI=1S/C7H7BrN2.2ClH/c8-7-4-10-2-5-1-9-3-6(5)7;;/h2,4,9H,1,3H2;2*1H. The molecule has 5 heteroatoms. The first-order chi connectivity index (χ1) is 4.88. The molecule has 0 amide bonds. The summed E-state index contributed by atoms with van der Waals surface area (Å²) in [6.07, 6.45) is 3.76. The number of hydrogen-bond donors (Lipinski definition) is 1. The minimum Gasteiger partial charge on any atom is -0.308 e. The van der Waals surface area contributed by atoms with Crippen molar-refractivity contribution in [2.75, 3.05) is 0 Å². The molecular weight excluding hydrogens is 263 g/mol. The van der Waals surface area contributed by atoms with Gasteiger partial charge in [-0.1, -0.05) is 0 Å². The fourth-order valence-corrected chi connectivity index (χ4v) is 1.69. The molecule has 0 aromatic carbocycles. The van der Waals surface area contributed by atoms with Crippen LogP contribution in [0.1, 0.15) is 11.1 Å². The summed E-state index contributed by atoms with van der Waals surface area (Å²) in [6.45, 7) is 1.93. The molecule has 0 fully saturated rings. The maximum Gasteiger partial charge on any atom is 0.0413 e. The SMILES string of the molecule is Brc1cncc2c1CNC2.Cl.Cl. The van der Waals surface area contributed by atoms with Crippen molar-refractivity contribution in [3.05, 3.63) is 28.0 Å². The van der Waals surface area contributed by atoms with Gasteiger partial charge in [-0.15, -0.1) is 24.8 Å². The van der Waals surface area contributed by atoms with Crippen molar-refractivity contribution in [3.63, 3.8) is 0 Å². The highest BCUT2D eigenvalue weighted by Crippen LogP contribution is 2.22. The lowest BCUT2D eigenvalue weighted by atomic mass is 10.2. The Bertz CT molecular complexity index is 268. The van der Waals surface area contributed by atoms with E-state index in [9.17, 15) is 0 Å². The Labute approximate surface area is 92.1 Å². The van der Waals surface area contributed by atoms with Crippen molar-refractivity contribution in [3.8, 4) is 0 Å². The fraction of sp³-hybridized carbons (Fsp3) is 0.286. The van der Waals surface area contributed by atoms with Crippen LogP contribution in [0, 0.1) is 0 Å². The molecule has 1 aliphatic heterocycles. The Balaban J connectivity index is 0.000000605. The molecular formula is C7H9BrCl2N2. The molecule has 0 saturated heterocycles. The minimum atomic E-state index is 0. The first-order valence-electron chi connectivity index (χ1n) is 3.20. The predicted molar refractivity (Wildman–Crippen MR) is 57.0 cm³/mol. The number of rotatable bonds is 0. The monoisotopic (exact) mass is 270 g/mol. The van der Waals surface area contributed by atoms with Crippen LogP contribution in [-0.2, 0) is 13.1 Å². The van der Waals surface area contributed by atoms with Crippen molar-refractivity contribution < 1.29 is 0 Å². The number of fused-ring (bicyclic) bond motifs is 1. The van der Waals surface area contributed by atoms with Gasteiger partial charge in [0.2, 0.25) is 0 Å². The second-order valence-electron chi connectivity index (χ2n) is 2.36. The van der Waals surface area contributed by atoms with Crippen LogP contribution in [0.4, 0.5) is 0 Å². The Morgan fingerprint density at radius 1 is 1.25 bits per heavy atom. The molecule has 0 spiro atoms. The maximum atomic E-state index is 4.07. The predicted octanol–water partition coefficient (Wildman–Crippen LogP) is 2.29. The number of pyridine rings is 1. The zero-order valence-electron chi connectivity index (χ0n) is 6.21. The summed E-state index contributed by atoms with van der Waals surface area (Å²) < 4.78 is 1.12. The molecule has 1 aromatic rings. The lowest BCUT2D eigenvalue weighted by Gasteiger charge is -1.97. The van der Waals surface area contributed by atoms with Gasteiger partial charge in [0.25, 0.3) is 0 Å². The maximum absolute atomic E-state index is 4.07. The molecule has 0 radical (unpaired) electrons. The lowest BCUT2D eigenvalue weighted by Crippen LogP contribution is -2.00. The van der Waals surface area contributed by atoms with Gasteiger partial charge in [-0.25, -0.2) is 0 Å². The van der Waals surface area contributed by atoms with Crippen LogP contribution in [0.15, 0.2) is 16.9 Å². The van der Waals surface area contributed by atoms with Gasteiger partial charge in [0, 0.05) is 30.0 Å². The van der Waals surface area contributed by atoms with E-state index in [-0.39, 0.29) is 24.8 Å². The molecule has 0 atom stereocenters. The van der Waals surface area contributed by atoms with Gasteiger partial charge in [0.15, 0.2) is 0 Å². The van der Waals surface area contributed by atoms with E-state index in [4.69, 9.17) is 0 Å². The van der Waals surface area contributed by atoms with Crippen LogP contribution in [0.25, 0.3) is 0 Å². The van der Waals surface area contributed by atoms with E-state index in [1.807, 2.05) is 12.4 Å². The van der Waals surface area contributed by atoms with Crippen LogP contribution >= 0.6 is 40.7 Å². The van der Waals surface area contributed by atoms with Gasteiger partial charge in [0.05, 0.1) is 0 Å². The number of aromatic nitrogens is 1. The van der Waals surface area contributed by atoms with Crippen molar-refractivity contribution >= 4 is 40.7 Å². The van der Waals surface area contributed by atoms with Crippen molar-refractivity contribution in [1.29, 1.82) is 0 Å². The second kappa shape index (κ2) is 5.02. The highest BCUT2D eigenvalue weighted by Gasteiger charge is 2.11. The molecule has 12 heavy (non-hydrogen) atoms. The van der Waals surface area contributed by atoms with E-state index in [1.165, 1.54) is 11.1 Å². The fourth-order valence-electron chi connectivity index (χ4n) is 1.17. The molecule has 0 aliphatic carbocycles. The minimum absolute atomic E-state index is 0. The normalized spacial score (nSPS) is 12.8. The summed E-state index contributed by atoms with van der Waals surface area (Å²) in [5, 5.41) is 3.26. The largest absolute Gasteiger partial charge is 0.308 e. The molecule has 0 saturated carbocycles. The smallest absolute Gasteiger partial charge is 0.0413 e. The van der Waals surface area contributed by atoms with E-state index in [0.29, 0.717) is 0 Å². The molecule has 1 aromatic heterocycles. The van der Waals surface area contributed by atoms with Crippen LogP contribution in [0.3, 0.4) is 0 Å². The Hall–Kier alpha value is 0.170. The van der Waals surface area contributed by atoms with Crippen LogP contribution in [0.5, 0.6) is 0 Å². The van der Waals surface area contributed by atoms with E-state index in [1.54, 1.807) is 0 Å². The number of nitrogens with zero attached hydrogens (tertiary/aromatic N) is 1. The van der Waals surface area contributed by atoms with E-state index in [2.05, 4.69) is 26.2 Å². The number of hydrogen-bond acceptors (Lipinski definition) is 2. The second-order valence-corrected chi connectivity index (χ2v) is 3.22. The van der Waals surface area contributed by atoms with E-state index in [0.717, 1.165) is 17.6 Å².